The fourth-order valence-corrected chi connectivity index (χ4v) is 2.24. The number of halogens is 1. The molecule has 6 heteroatoms. The van der Waals surface area contributed by atoms with E-state index in [4.69, 9.17) is 5.73 Å². The molecule has 1 aromatic rings. The maximum atomic E-state index is 12.9. The van der Waals surface area contributed by atoms with Gasteiger partial charge in [0.15, 0.2) is 0 Å². The maximum Gasteiger partial charge on any atom is 0.253 e. The largest absolute Gasteiger partial charge is 0.398 e. The first-order valence-electron chi connectivity index (χ1n) is 6.69. The Kier molecular flexibility index (Phi) is 4.55. The van der Waals surface area contributed by atoms with Crippen LogP contribution in [0.5, 0.6) is 0 Å². The van der Waals surface area contributed by atoms with Crippen LogP contribution in [-0.2, 0) is 4.79 Å². The number of nitrogens with two attached hydrogens (primary N) is 1. The molecule has 0 atom stereocenters. The van der Waals surface area contributed by atoms with Crippen molar-refractivity contribution in [1.82, 2.24) is 10.2 Å². The molecule has 0 saturated carbocycles. The van der Waals surface area contributed by atoms with Crippen LogP contribution in [0.2, 0.25) is 0 Å². The number of carbonyl (C=O) groups excluding carboxylic acids is 2. The summed E-state index contributed by atoms with van der Waals surface area (Å²) in [4.78, 5) is 25.4. The van der Waals surface area contributed by atoms with Crippen molar-refractivity contribution in [3.8, 4) is 0 Å². The molecule has 2 amide bonds. The smallest absolute Gasteiger partial charge is 0.253 e. The molecule has 1 heterocycles. The average molecular weight is 279 g/mol. The number of hydrogen-bond donors (Lipinski definition) is 2. The second kappa shape index (κ2) is 6.36. The van der Waals surface area contributed by atoms with Crippen LogP contribution in [0.15, 0.2) is 18.2 Å². The number of hydrogen-bond acceptors (Lipinski definition) is 3. The Labute approximate surface area is 116 Å². The summed E-state index contributed by atoms with van der Waals surface area (Å²) in [5.74, 6) is -0.824. The van der Waals surface area contributed by atoms with Crippen LogP contribution in [-0.4, -0.2) is 36.3 Å². The van der Waals surface area contributed by atoms with Gasteiger partial charge in [-0.25, -0.2) is 4.39 Å². The molecule has 0 radical (unpaired) electrons. The van der Waals surface area contributed by atoms with Crippen LogP contribution < -0.4 is 11.1 Å². The first kappa shape index (κ1) is 14.3. The van der Waals surface area contributed by atoms with Crippen molar-refractivity contribution < 1.29 is 14.0 Å². The van der Waals surface area contributed by atoms with Gasteiger partial charge in [0.1, 0.15) is 5.82 Å². The number of benzene rings is 1. The van der Waals surface area contributed by atoms with Gasteiger partial charge in [-0.1, -0.05) is 0 Å². The predicted octanol–water partition coefficient (Wildman–Crippen LogP) is 1.15. The van der Waals surface area contributed by atoms with E-state index in [9.17, 15) is 14.0 Å². The predicted molar refractivity (Wildman–Crippen MR) is 73.6 cm³/mol. The van der Waals surface area contributed by atoms with Gasteiger partial charge in [0, 0.05) is 31.7 Å². The highest BCUT2D eigenvalue weighted by Gasteiger charge is 2.17. The minimum atomic E-state index is -0.483. The standard InChI is InChI=1S/C14H18FN3O2/c15-10-3-4-11(12(16)9-10)14(20)17-6-5-13(19)18-7-1-2-8-18/h3-4,9H,1-2,5-8,16H2,(H,17,20). The summed E-state index contributed by atoms with van der Waals surface area (Å²) in [6.45, 7) is 1.86. The zero-order valence-corrected chi connectivity index (χ0v) is 11.2. The van der Waals surface area contributed by atoms with E-state index in [-0.39, 0.29) is 30.1 Å². The third-order valence-corrected chi connectivity index (χ3v) is 3.34. The molecular formula is C14H18FN3O2. The molecule has 108 valence electrons. The molecule has 0 aromatic heterocycles. The van der Waals surface area contributed by atoms with Crippen molar-refractivity contribution in [2.45, 2.75) is 19.3 Å². The Bertz CT molecular complexity index is 513. The Morgan fingerprint density at radius 3 is 2.65 bits per heavy atom. The monoisotopic (exact) mass is 279 g/mol. The highest BCUT2D eigenvalue weighted by atomic mass is 19.1. The summed E-state index contributed by atoms with van der Waals surface area (Å²) < 4.78 is 12.9. The molecule has 0 aliphatic carbocycles. The van der Waals surface area contributed by atoms with Gasteiger partial charge in [-0.05, 0) is 31.0 Å². The lowest BCUT2D eigenvalue weighted by Gasteiger charge is -2.15. The normalized spacial score (nSPS) is 14.3. The topological polar surface area (TPSA) is 75.4 Å². The summed E-state index contributed by atoms with van der Waals surface area (Å²) in [7, 11) is 0. The van der Waals surface area contributed by atoms with E-state index in [1.807, 2.05) is 0 Å². The van der Waals surface area contributed by atoms with Crippen molar-refractivity contribution in [2.75, 3.05) is 25.4 Å². The third-order valence-electron chi connectivity index (χ3n) is 3.34. The van der Waals surface area contributed by atoms with E-state index in [0.717, 1.165) is 32.0 Å². The Morgan fingerprint density at radius 2 is 2.00 bits per heavy atom. The highest BCUT2D eigenvalue weighted by Crippen LogP contribution is 2.13. The minimum absolute atomic E-state index is 0.0508. The van der Waals surface area contributed by atoms with Crippen molar-refractivity contribution in [3.63, 3.8) is 0 Å². The number of rotatable bonds is 4. The van der Waals surface area contributed by atoms with E-state index in [2.05, 4.69) is 5.32 Å². The van der Waals surface area contributed by atoms with Crippen LogP contribution in [0.4, 0.5) is 10.1 Å². The lowest BCUT2D eigenvalue weighted by molar-refractivity contribution is -0.129. The number of nitrogen functional groups attached to an aromatic ring is 1. The van der Waals surface area contributed by atoms with Gasteiger partial charge >= 0.3 is 0 Å². The lowest BCUT2D eigenvalue weighted by atomic mass is 10.1. The van der Waals surface area contributed by atoms with Crippen molar-refractivity contribution in [3.05, 3.63) is 29.6 Å². The van der Waals surface area contributed by atoms with Gasteiger partial charge < -0.3 is 16.0 Å². The number of likely N-dealkylation sites (tertiary alicyclic amines) is 1. The molecule has 1 saturated heterocycles. The van der Waals surface area contributed by atoms with E-state index < -0.39 is 11.7 Å². The molecular weight excluding hydrogens is 261 g/mol. The summed E-state index contributed by atoms with van der Waals surface area (Å²) >= 11 is 0. The molecule has 3 N–H and O–H groups in total. The quantitative estimate of drug-likeness (QED) is 0.812. The summed E-state index contributed by atoms with van der Waals surface area (Å²) in [6.07, 6.45) is 2.36. The van der Waals surface area contributed by atoms with E-state index in [0.29, 0.717) is 0 Å². The molecule has 1 aliphatic heterocycles. The zero-order valence-electron chi connectivity index (χ0n) is 11.2. The van der Waals surface area contributed by atoms with Gasteiger partial charge in [0.2, 0.25) is 5.91 Å². The molecule has 2 rings (SSSR count). The Balaban J connectivity index is 1.81. The average Bonchev–Trinajstić information content (AvgIpc) is 2.92. The SMILES string of the molecule is Nc1cc(F)ccc1C(=O)NCCC(=O)N1CCCC1. The first-order chi connectivity index (χ1) is 9.58. The fourth-order valence-electron chi connectivity index (χ4n) is 2.24. The summed E-state index contributed by atoms with van der Waals surface area (Å²) in [6, 6.07) is 3.62. The van der Waals surface area contributed by atoms with E-state index in [1.165, 1.54) is 12.1 Å². The minimum Gasteiger partial charge on any atom is -0.398 e. The summed E-state index contributed by atoms with van der Waals surface area (Å²) in [5, 5.41) is 2.62. The second-order valence-electron chi connectivity index (χ2n) is 4.83. The number of carbonyl (C=O) groups is 2. The fraction of sp³-hybridized carbons (Fsp3) is 0.429. The van der Waals surface area contributed by atoms with Crippen molar-refractivity contribution in [2.24, 2.45) is 0 Å². The van der Waals surface area contributed by atoms with Gasteiger partial charge in [-0.2, -0.15) is 0 Å². The van der Waals surface area contributed by atoms with Gasteiger partial charge in [-0.3, -0.25) is 9.59 Å². The lowest BCUT2D eigenvalue weighted by Crippen LogP contribution is -2.32. The molecule has 1 aromatic carbocycles. The van der Waals surface area contributed by atoms with Crippen LogP contribution in [0.25, 0.3) is 0 Å². The second-order valence-corrected chi connectivity index (χ2v) is 4.83. The molecule has 20 heavy (non-hydrogen) atoms. The van der Waals surface area contributed by atoms with E-state index >= 15 is 0 Å². The molecule has 0 bridgehead atoms. The maximum absolute atomic E-state index is 12.9. The van der Waals surface area contributed by atoms with E-state index in [1.54, 1.807) is 4.90 Å². The molecule has 1 fully saturated rings. The van der Waals surface area contributed by atoms with Crippen molar-refractivity contribution >= 4 is 17.5 Å². The van der Waals surface area contributed by atoms with Gasteiger partial charge in [-0.15, -0.1) is 0 Å². The summed E-state index contributed by atoms with van der Waals surface area (Å²) in [5.41, 5.74) is 5.89. The zero-order chi connectivity index (χ0) is 14.5. The van der Waals surface area contributed by atoms with Gasteiger partial charge in [0.25, 0.3) is 5.91 Å². The molecule has 0 spiro atoms. The first-order valence-corrected chi connectivity index (χ1v) is 6.69. The Morgan fingerprint density at radius 1 is 1.30 bits per heavy atom. The van der Waals surface area contributed by atoms with Crippen LogP contribution in [0.3, 0.4) is 0 Å². The Hall–Kier alpha value is -2.11. The van der Waals surface area contributed by atoms with Crippen LogP contribution >= 0.6 is 0 Å². The number of anilines is 1. The highest BCUT2D eigenvalue weighted by molar-refractivity contribution is 5.99. The third kappa shape index (κ3) is 3.46. The van der Waals surface area contributed by atoms with Crippen LogP contribution in [0, 0.1) is 5.82 Å². The number of nitrogens with one attached hydrogen (secondary N) is 1. The molecule has 5 nitrogen and oxygen atoms in total. The van der Waals surface area contributed by atoms with Crippen molar-refractivity contribution in [1.29, 1.82) is 0 Å². The molecule has 1 aliphatic rings. The number of nitrogens with zero attached hydrogens (tertiary/aromatic N) is 1. The van der Waals surface area contributed by atoms with Crippen LogP contribution in [0.1, 0.15) is 29.6 Å². The van der Waals surface area contributed by atoms with Gasteiger partial charge in [0.05, 0.1) is 5.56 Å². The molecule has 0 unspecified atom stereocenters. The number of amides is 2.